The van der Waals surface area contributed by atoms with Crippen LogP contribution in [0.1, 0.15) is 34.6 Å². The van der Waals surface area contributed by atoms with Crippen LogP contribution in [0.2, 0.25) is 0 Å². The molecule has 2 N–H and O–H groups in total. The van der Waals surface area contributed by atoms with E-state index in [1.54, 1.807) is 33.1 Å². The van der Waals surface area contributed by atoms with Gasteiger partial charge in [-0.15, -0.1) is 0 Å². The molecule has 2 amide bonds. The molecule has 0 aliphatic heterocycles. The van der Waals surface area contributed by atoms with Gasteiger partial charge in [-0.1, -0.05) is 26.0 Å². The number of alkyl carbamates (subject to hydrolysis) is 1. The van der Waals surface area contributed by atoms with E-state index in [4.69, 9.17) is 14.2 Å². The summed E-state index contributed by atoms with van der Waals surface area (Å²) in [6.07, 6.45) is -0.856. The summed E-state index contributed by atoms with van der Waals surface area (Å²) in [6, 6.07) is 6.36. The zero-order valence-corrected chi connectivity index (χ0v) is 16.4. The summed E-state index contributed by atoms with van der Waals surface area (Å²) in [5, 5.41) is 5.46. The van der Waals surface area contributed by atoms with Crippen molar-refractivity contribution in [3.63, 3.8) is 0 Å². The molecule has 1 aromatic carbocycles. The Bertz CT molecular complexity index is 589. The fraction of sp³-hybridized carbons (Fsp3) is 0.579. The smallest absolute Gasteiger partial charge is 0.408 e. The molecule has 1 aromatic rings. The van der Waals surface area contributed by atoms with Gasteiger partial charge in [-0.05, 0) is 38.8 Å². The summed E-state index contributed by atoms with van der Waals surface area (Å²) in [5.74, 6) is 0.869. The quantitative estimate of drug-likeness (QED) is 0.702. The third-order valence-corrected chi connectivity index (χ3v) is 3.51. The number of amides is 2. The van der Waals surface area contributed by atoms with Crippen LogP contribution in [0, 0.1) is 5.92 Å². The maximum absolute atomic E-state index is 12.5. The van der Waals surface area contributed by atoms with Gasteiger partial charge in [0.1, 0.15) is 12.6 Å². The number of hydrogen-bond acceptors (Lipinski definition) is 5. The van der Waals surface area contributed by atoms with Gasteiger partial charge in [0, 0.05) is 0 Å². The summed E-state index contributed by atoms with van der Waals surface area (Å²) in [6.45, 7) is 9.32. The molecule has 0 saturated carbocycles. The van der Waals surface area contributed by atoms with E-state index in [0.29, 0.717) is 11.5 Å². The summed E-state index contributed by atoms with van der Waals surface area (Å²) >= 11 is 0. The standard InChI is InChI=1S/C19H30N2O5/c1-12(2)17(21-19(23)26-13(3)4)18(22)20-14(5)11-25-16-10-8-7-9-15(16)24-6/h7-10,12-14,17H,11H2,1-6H3,(H,20,22)(H,21,23). The molecule has 26 heavy (non-hydrogen) atoms. The fourth-order valence-electron chi connectivity index (χ4n) is 2.24. The fourth-order valence-corrected chi connectivity index (χ4v) is 2.24. The molecule has 0 aromatic heterocycles. The molecule has 0 fully saturated rings. The molecule has 2 unspecified atom stereocenters. The van der Waals surface area contributed by atoms with Crippen LogP contribution in [0.5, 0.6) is 11.5 Å². The number of hydrogen-bond donors (Lipinski definition) is 2. The maximum atomic E-state index is 12.5. The third kappa shape index (κ3) is 7.21. The summed E-state index contributed by atoms with van der Waals surface area (Å²) < 4.78 is 16.0. The lowest BCUT2D eigenvalue weighted by Gasteiger charge is -2.24. The van der Waals surface area contributed by atoms with Gasteiger partial charge in [0.25, 0.3) is 0 Å². The maximum Gasteiger partial charge on any atom is 0.408 e. The third-order valence-electron chi connectivity index (χ3n) is 3.51. The van der Waals surface area contributed by atoms with Gasteiger partial charge in [-0.3, -0.25) is 4.79 Å². The van der Waals surface area contributed by atoms with Crippen molar-refractivity contribution in [3.05, 3.63) is 24.3 Å². The average molecular weight is 366 g/mol. The van der Waals surface area contributed by atoms with Gasteiger partial charge in [-0.2, -0.15) is 0 Å². The van der Waals surface area contributed by atoms with Crippen LogP contribution in [0.4, 0.5) is 4.79 Å². The number of para-hydroxylation sites is 2. The van der Waals surface area contributed by atoms with E-state index in [9.17, 15) is 9.59 Å². The van der Waals surface area contributed by atoms with E-state index in [-0.39, 0.29) is 30.6 Å². The minimum absolute atomic E-state index is 0.0861. The van der Waals surface area contributed by atoms with Crippen LogP contribution in [-0.2, 0) is 9.53 Å². The molecular weight excluding hydrogens is 336 g/mol. The van der Waals surface area contributed by atoms with Crippen molar-refractivity contribution in [2.75, 3.05) is 13.7 Å². The van der Waals surface area contributed by atoms with E-state index >= 15 is 0 Å². The Morgan fingerprint density at radius 2 is 1.62 bits per heavy atom. The van der Waals surface area contributed by atoms with Crippen molar-refractivity contribution in [2.45, 2.75) is 52.8 Å². The minimum atomic E-state index is -0.685. The van der Waals surface area contributed by atoms with Gasteiger partial charge in [0.15, 0.2) is 11.5 Å². The molecule has 7 heteroatoms. The second-order valence-corrected chi connectivity index (χ2v) is 6.69. The Morgan fingerprint density at radius 1 is 1.00 bits per heavy atom. The first-order chi connectivity index (χ1) is 12.2. The highest BCUT2D eigenvalue weighted by Gasteiger charge is 2.26. The molecule has 0 bridgehead atoms. The van der Waals surface area contributed by atoms with Crippen LogP contribution in [-0.4, -0.2) is 43.9 Å². The first-order valence-electron chi connectivity index (χ1n) is 8.77. The summed E-state index contributed by atoms with van der Waals surface area (Å²) in [4.78, 5) is 24.3. The number of carbonyl (C=O) groups is 2. The van der Waals surface area contributed by atoms with E-state index in [1.165, 1.54) is 0 Å². The van der Waals surface area contributed by atoms with Crippen LogP contribution >= 0.6 is 0 Å². The predicted molar refractivity (Wildman–Crippen MR) is 99.5 cm³/mol. The van der Waals surface area contributed by atoms with Crippen LogP contribution in [0.15, 0.2) is 24.3 Å². The second kappa shape index (κ2) is 10.5. The predicted octanol–water partition coefficient (Wildman–Crippen LogP) is 2.74. The monoisotopic (exact) mass is 366 g/mol. The number of methoxy groups -OCH3 is 1. The van der Waals surface area contributed by atoms with E-state index in [2.05, 4.69) is 10.6 Å². The number of carbonyl (C=O) groups excluding carboxylic acids is 2. The summed E-state index contributed by atoms with van der Waals surface area (Å²) in [7, 11) is 1.57. The Balaban J connectivity index is 2.58. The second-order valence-electron chi connectivity index (χ2n) is 6.69. The van der Waals surface area contributed by atoms with Crippen molar-refractivity contribution in [3.8, 4) is 11.5 Å². The van der Waals surface area contributed by atoms with Gasteiger partial charge < -0.3 is 24.8 Å². The first-order valence-corrected chi connectivity index (χ1v) is 8.77. The number of nitrogens with one attached hydrogen (secondary N) is 2. The van der Waals surface area contributed by atoms with Gasteiger partial charge in [0.2, 0.25) is 5.91 Å². The molecule has 0 aliphatic rings. The number of rotatable bonds is 9. The summed E-state index contributed by atoms with van der Waals surface area (Å²) in [5.41, 5.74) is 0. The van der Waals surface area contributed by atoms with Crippen molar-refractivity contribution >= 4 is 12.0 Å². The van der Waals surface area contributed by atoms with Crippen molar-refractivity contribution < 1.29 is 23.8 Å². The highest BCUT2D eigenvalue weighted by Crippen LogP contribution is 2.25. The Hall–Kier alpha value is -2.44. The number of ether oxygens (including phenoxy) is 3. The van der Waals surface area contributed by atoms with Gasteiger partial charge in [0.05, 0.1) is 19.3 Å². The minimum Gasteiger partial charge on any atom is -0.493 e. The topological polar surface area (TPSA) is 85.9 Å². The molecular formula is C19H30N2O5. The largest absolute Gasteiger partial charge is 0.493 e. The molecule has 7 nitrogen and oxygen atoms in total. The molecule has 0 aliphatic carbocycles. The highest BCUT2D eigenvalue weighted by atomic mass is 16.6. The molecule has 1 rings (SSSR count). The molecule has 0 saturated heterocycles. The Kier molecular flexibility index (Phi) is 8.75. The average Bonchev–Trinajstić information content (AvgIpc) is 2.57. The Morgan fingerprint density at radius 3 is 2.15 bits per heavy atom. The van der Waals surface area contributed by atoms with Crippen LogP contribution in [0.3, 0.4) is 0 Å². The zero-order chi connectivity index (χ0) is 19.7. The van der Waals surface area contributed by atoms with Crippen LogP contribution < -0.4 is 20.1 Å². The highest BCUT2D eigenvalue weighted by molar-refractivity contribution is 5.86. The van der Waals surface area contributed by atoms with E-state index in [0.717, 1.165) is 0 Å². The van der Waals surface area contributed by atoms with E-state index < -0.39 is 12.1 Å². The first kappa shape index (κ1) is 21.6. The zero-order valence-electron chi connectivity index (χ0n) is 16.4. The Labute approximate surface area is 155 Å². The molecule has 0 spiro atoms. The normalized spacial score (nSPS) is 13.1. The SMILES string of the molecule is COc1ccccc1OCC(C)NC(=O)C(NC(=O)OC(C)C)C(C)C. The van der Waals surface area contributed by atoms with E-state index in [1.807, 2.05) is 32.9 Å². The molecule has 0 heterocycles. The number of benzene rings is 1. The van der Waals surface area contributed by atoms with Crippen LogP contribution in [0.25, 0.3) is 0 Å². The lowest BCUT2D eigenvalue weighted by molar-refractivity contribution is -0.124. The molecule has 0 radical (unpaired) electrons. The van der Waals surface area contributed by atoms with Gasteiger partial charge >= 0.3 is 6.09 Å². The van der Waals surface area contributed by atoms with Crippen molar-refractivity contribution in [2.24, 2.45) is 5.92 Å². The van der Waals surface area contributed by atoms with Crippen molar-refractivity contribution in [1.29, 1.82) is 0 Å². The van der Waals surface area contributed by atoms with Crippen molar-refractivity contribution in [1.82, 2.24) is 10.6 Å². The molecule has 2 atom stereocenters. The van der Waals surface area contributed by atoms with Gasteiger partial charge in [-0.25, -0.2) is 4.79 Å². The lowest BCUT2D eigenvalue weighted by atomic mass is 10.0. The molecule has 146 valence electrons. The lowest BCUT2D eigenvalue weighted by Crippen LogP contribution is -2.52.